The number of nitrogen functional groups attached to an aromatic ring is 1. The number of aliphatic carboxylic acids is 1. The van der Waals surface area contributed by atoms with Gasteiger partial charge in [-0.15, -0.1) is 51.9 Å². The van der Waals surface area contributed by atoms with E-state index < -0.39 is 150 Å². The van der Waals surface area contributed by atoms with Crippen LogP contribution in [0, 0.1) is 17.5 Å². The fraction of sp³-hybridized carbons (Fsp3) is 0.500. The predicted octanol–water partition coefficient (Wildman–Crippen LogP) is 10.6. The number of rotatable bonds is 8. The number of ether oxygens (including phenoxy) is 5. The van der Waals surface area contributed by atoms with Gasteiger partial charge in [0.1, 0.15) is 41.8 Å². The monoisotopic (exact) mass is 1380 g/mol. The average molecular weight is 1380 g/mol. The number of carboxylic acid groups (broad SMARTS) is 1. The maximum Gasteiger partial charge on any atom is 0.573 e. The van der Waals surface area contributed by atoms with Crippen molar-refractivity contribution in [2.45, 2.75) is 128 Å². The topological polar surface area (TPSA) is 220 Å². The van der Waals surface area contributed by atoms with Gasteiger partial charge >= 0.3 is 37.2 Å². The van der Waals surface area contributed by atoms with E-state index in [1.165, 1.54) is 6.07 Å². The van der Waals surface area contributed by atoms with Crippen LogP contribution in [0.5, 0.6) is 17.2 Å². The third kappa shape index (κ3) is 30.6. The van der Waals surface area contributed by atoms with Crippen LogP contribution in [0.3, 0.4) is 0 Å². The Morgan fingerprint density at radius 3 is 1.28 bits per heavy atom. The summed E-state index contributed by atoms with van der Waals surface area (Å²) in [5.41, 5.74) is 1.96. The largest absolute Gasteiger partial charge is 0.573 e. The minimum absolute atomic E-state index is 0. The minimum atomic E-state index is -5.12. The van der Waals surface area contributed by atoms with Crippen molar-refractivity contribution < 1.29 is 119 Å². The summed E-state index contributed by atoms with van der Waals surface area (Å²) in [6, 6.07) is 5.61. The molecule has 3 saturated heterocycles. The van der Waals surface area contributed by atoms with Crippen molar-refractivity contribution in [3.8, 4) is 17.2 Å². The van der Waals surface area contributed by atoms with E-state index in [-0.39, 0.29) is 63.9 Å². The van der Waals surface area contributed by atoms with Gasteiger partial charge in [0.25, 0.3) is 0 Å². The minimum Gasteiger partial charge on any atom is -0.480 e. The fourth-order valence-electron chi connectivity index (χ4n) is 6.78. The number of likely N-dealkylation sites (tertiary alicyclic amines) is 2. The number of carbonyl (C=O) groups is 5. The molecule has 482 valence electrons. The highest BCUT2D eigenvalue weighted by molar-refractivity contribution is 8.37. The molecule has 1 unspecified atom stereocenters. The molecule has 4 amide bonds. The number of nitrogens with zero attached hydrogens (tertiary/aromatic N) is 2. The first-order valence-corrected chi connectivity index (χ1v) is 27.0. The van der Waals surface area contributed by atoms with E-state index in [1.807, 2.05) is 0 Å². The quantitative estimate of drug-likeness (QED) is 0.105. The summed E-state index contributed by atoms with van der Waals surface area (Å²) in [6.45, 7) is 9.16. The van der Waals surface area contributed by atoms with Crippen molar-refractivity contribution in [2.24, 2.45) is 0 Å². The van der Waals surface area contributed by atoms with E-state index in [4.69, 9.17) is 20.3 Å². The molecule has 3 aliphatic rings. The molecule has 3 fully saturated rings. The lowest BCUT2D eigenvalue weighted by Gasteiger charge is -2.27. The number of anilines is 3. The van der Waals surface area contributed by atoms with E-state index in [0.717, 1.165) is 67.2 Å². The lowest BCUT2D eigenvalue weighted by Crippen LogP contribution is -2.45. The second-order valence-electron chi connectivity index (χ2n) is 18.7. The van der Waals surface area contributed by atoms with Crippen LogP contribution in [0.1, 0.15) is 60.8 Å². The molecule has 3 aromatic rings. The molecule has 3 aromatic carbocycles. The van der Waals surface area contributed by atoms with Crippen LogP contribution >= 0.6 is 25.9 Å². The van der Waals surface area contributed by atoms with Gasteiger partial charge in [0.05, 0.1) is 36.2 Å². The molecule has 0 bridgehead atoms. The Kier molecular flexibility index (Phi) is 34.5. The highest BCUT2D eigenvalue weighted by Gasteiger charge is 2.44. The molecule has 0 spiro atoms. The van der Waals surface area contributed by atoms with Gasteiger partial charge in [0.15, 0.2) is 34.7 Å². The number of benzene rings is 3. The molecule has 6 N–H and O–H groups in total. The Hall–Kier alpha value is -5.54. The lowest BCUT2D eigenvalue weighted by atomic mass is 10.2. The Bertz CT molecular complexity index is 2720. The van der Waals surface area contributed by atoms with Crippen LogP contribution in [0.2, 0.25) is 0 Å². The van der Waals surface area contributed by atoms with Crippen LogP contribution in [0.4, 0.5) is 92.5 Å². The number of hydrogen-bond donors (Lipinski definition) is 5. The average Bonchev–Trinajstić information content (AvgIpc) is 4.25. The summed E-state index contributed by atoms with van der Waals surface area (Å²) in [4.78, 5) is 60.6. The molecule has 6 rings (SSSR count). The van der Waals surface area contributed by atoms with Gasteiger partial charge in [0.2, 0.25) is 11.8 Å². The van der Waals surface area contributed by atoms with Crippen molar-refractivity contribution >= 4 is 127 Å². The lowest BCUT2D eigenvalue weighted by molar-refractivity contribution is -0.276. The van der Waals surface area contributed by atoms with E-state index in [1.54, 1.807) is 41.5 Å². The molecular formula is C46H54ClF15N6O11S6. The number of alkyl halides is 12. The fourth-order valence-corrected chi connectivity index (χ4v) is 6.78. The second-order valence-corrected chi connectivity index (χ2v) is 20.4. The normalized spacial score (nSPS) is 18.8. The Labute approximate surface area is 510 Å². The molecule has 0 saturated carbocycles. The van der Waals surface area contributed by atoms with Crippen LogP contribution in [-0.4, -0.2) is 131 Å². The number of carbonyl (C=O) groups excluding carboxylic acids is 4. The first-order chi connectivity index (χ1) is 38.0. The van der Waals surface area contributed by atoms with Crippen molar-refractivity contribution in [1.29, 1.82) is 0 Å². The van der Waals surface area contributed by atoms with E-state index in [2.05, 4.69) is 74.9 Å². The predicted molar refractivity (Wildman–Crippen MR) is 297 cm³/mol. The number of nitrogens with two attached hydrogens (primary N) is 1. The zero-order valence-corrected chi connectivity index (χ0v) is 50.4. The van der Waals surface area contributed by atoms with Crippen molar-refractivity contribution in [3.05, 3.63) is 72.0 Å². The molecule has 0 aliphatic carbocycles. The molecule has 0 radical (unpaired) electrons. The number of amides is 4. The summed E-state index contributed by atoms with van der Waals surface area (Å²) in [5, 5.41) is 15.6. The maximum atomic E-state index is 14.2. The van der Waals surface area contributed by atoms with Gasteiger partial charge in [-0.25, -0.2) is 40.7 Å². The van der Waals surface area contributed by atoms with E-state index in [0.29, 0.717) is 0 Å². The first-order valence-electron chi connectivity index (χ1n) is 23.0. The third-order valence-electron chi connectivity index (χ3n) is 9.85. The van der Waals surface area contributed by atoms with E-state index >= 15 is 0 Å². The second kappa shape index (κ2) is 35.9. The standard InChI is InChI=1S/C17H19F5N2O4.C12H11F5N2O2.C10H16FNO4.C7H5F4NO.ClH.S3.S2.H2S/c1-16(2,3)28-15(26)24-8-9(18)7-11(24)14(25)23-10-5-4-6-12(13(10)19)27-17(20,21)22;13-6-4-8(18-5-6)11(20)19-7-2-1-3-9(10(7)14)21-12(15,16)17;1-10(2,3)16-9(15)12-5-6(11)4-7(12)8(13)14;8-6-4(12)2-1-3-5(6)13-7(9,10)11;;1-3-2;1-2;/h4-6,9,11H,7-8H2,1-3H3,(H,23,25);1-3,6,8,18H,4-5H2,(H,19,20);6-7H,4-5H2,1-3H3,(H,13,14);1-3H,12H2;1H;;;1H2/t9-,11+;6-,8+;6?,7-;;;;;/m110...../s1. The van der Waals surface area contributed by atoms with Crippen LogP contribution < -0.4 is 35.9 Å². The Balaban J connectivity index is 0. The van der Waals surface area contributed by atoms with Crippen LogP contribution in [-0.2, 0) is 77.5 Å². The molecule has 17 nitrogen and oxygen atoms in total. The molecule has 0 aromatic heterocycles. The molecular weight excluding hydrogens is 1330 g/mol. The molecule has 6 atom stereocenters. The summed E-state index contributed by atoms with van der Waals surface area (Å²) >= 11 is 15.6. The number of carboxylic acids is 1. The van der Waals surface area contributed by atoms with Crippen molar-refractivity contribution in [2.75, 3.05) is 36.0 Å². The maximum absolute atomic E-state index is 14.2. The van der Waals surface area contributed by atoms with Crippen LogP contribution in [0.15, 0.2) is 54.6 Å². The van der Waals surface area contributed by atoms with Gasteiger partial charge in [0, 0.05) is 79.4 Å². The molecule has 39 heteroatoms. The van der Waals surface area contributed by atoms with Crippen LogP contribution in [0.25, 0.3) is 0 Å². The number of nitrogens with one attached hydrogen (secondary N) is 3. The zero-order chi connectivity index (χ0) is 64.2. The van der Waals surface area contributed by atoms with E-state index in [9.17, 15) is 89.8 Å². The number of halogens is 16. The van der Waals surface area contributed by atoms with Gasteiger partial charge in [-0.2, -0.15) is 13.5 Å². The summed E-state index contributed by atoms with van der Waals surface area (Å²) in [5.74, 6) is -10.0. The van der Waals surface area contributed by atoms with Gasteiger partial charge < -0.3 is 50.5 Å². The molecule has 3 aliphatic heterocycles. The Morgan fingerprint density at radius 1 is 0.600 bits per heavy atom. The van der Waals surface area contributed by atoms with Gasteiger partial charge in [-0.1, -0.05) is 18.2 Å². The molecule has 85 heavy (non-hydrogen) atoms. The van der Waals surface area contributed by atoms with Crippen molar-refractivity contribution in [3.63, 3.8) is 0 Å². The summed E-state index contributed by atoms with van der Waals surface area (Å²) in [7, 11) is 0.917. The smallest absolute Gasteiger partial charge is 0.480 e. The highest BCUT2D eigenvalue weighted by atomic mass is 35.5. The SMILES string of the molecule is CC(C)(C)OC(=O)N1CC(F)C[C@H]1C(=O)O.CC(C)(C)OC(=O)N1C[C@H](F)C[C@H]1C(=O)Nc1cccc(OC(F)(F)F)c1F.Cl.Nc1cccc(OC(F)(F)F)c1F.O=C(Nc1cccc(OC(F)(F)F)c1F)[C@@H]1C[C@@H](F)CN1.S.S=S.S=S=S. The highest BCUT2D eigenvalue weighted by Crippen LogP contribution is 2.33. The summed E-state index contributed by atoms with van der Waals surface area (Å²) < 4.78 is 209. The molecule has 3 heterocycles. The van der Waals surface area contributed by atoms with Gasteiger partial charge in [-0.05, 0) is 77.9 Å². The number of hydrogen-bond acceptors (Lipinski definition) is 16. The van der Waals surface area contributed by atoms with Gasteiger partial charge in [-0.3, -0.25) is 19.4 Å². The zero-order valence-electron chi connectivity index (χ0n) is 44.5. The Morgan fingerprint density at radius 2 is 0.941 bits per heavy atom. The summed E-state index contributed by atoms with van der Waals surface area (Å²) in [6.07, 6.45) is -21.4. The first kappa shape index (κ1) is 81.5. The third-order valence-corrected chi connectivity index (χ3v) is 9.85. The van der Waals surface area contributed by atoms with Crippen molar-refractivity contribution in [1.82, 2.24) is 15.1 Å².